The summed E-state index contributed by atoms with van der Waals surface area (Å²) in [6.07, 6.45) is 2.17. The van der Waals surface area contributed by atoms with Gasteiger partial charge in [0.2, 0.25) is 0 Å². The topological polar surface area (TPSA) is 18.5 Å². The molecule has 1 saturated heterocycles. The Morgan fingerprint density at radius 1 is 1.17 bits per heavy atom. The number of ether oxygens (including phenoxy) is 2. The van der Waals surface area contributed by atoms with Gasteiger partial charge in [-0.05, 0) is 52.4 Å². The molecule has 1 fully saturated rings. The SMILES string of the molecule is C=C(CCC1OC(C)(C)OC1(C)C)C(C)C(C)C. The van der Waals surface area contributed by atoms with E-state index in [-0.39, 0.29) is 11.7 Å². The van der Waals surface area contributed by atoms with Gasteiger partial charge in [0.05, 0.1) is 11.7 Å². The minimum absolute atomic E-state index is 0.156. The molecular formula is C16H30O2. The normalized spacial score (nSPS) is 27.4. The van der Waals surface area contributed by atoms with Gasteiger partial charge in [0.1, 0.15) is 0 Å². The van der Waals surface area contributed by atoms with Gasteiger partial charge in [0.25, 0.3) is 0 Å². The lowest BCUT2D eigenvalue weighted by Gasteiger charge is -2.25. The zero-order valence-corrected chi connectivity index (χ0v) is 13.2. The Morgan fingerprint density at radius 2 is 1.72 bits per heavy atom. The van der Waals surface area contributed by atoms with Crippen LogP contribution in [0.4, 0.5) is 0 Å². The molecule has 0 aromatic rings. The minimum atomic E-state index is -0.459. The van der Waals surface area contributed by atoms with Crippen LogP contribution in [0.3, 0.4) is 0 Å². The van der Waals surface area contributed by atoms with Crippen molar-refractivity contribution in [3.63, 3.8) is 0 Å². The lowest BCUT2D eigenvalue weighted by Crippen LogP contribution is -2.33. The van der Waals surface area contributed by atoms with Gasteiger partial charge in [-0.3, -0.25) is 0 Å². The summed E-state index contributed by atoms with van der Waals surface area (Å²) in [5.74, 6) is 0.769. The van der Waals surface area contributed by atoms with Crippen LogP contribution >= 0.6 is 0 Å². The van der Waals surface area contributed by atoms with Gasteiger partial charge in [-0.25, -0.2) is 0 Å². The highest BCUT2D eigenvalue weighted by Crippen LogP contribution is 2.38. The molecular weight excluding hydrogens is 224 g/mol. The van der Waals surface area contributed by atoms with Gasteiger partial charge in [0.15, 0.2) is 5.79 Å². The van der Waals surface area contributed by atoms with Crippen LogP contribution in [0, 0.1) is 11.8 Å². The maximum absolute atomic E-state index is 5.99. The van der Waals surface area contributed by atoms with E-state index in [4.69, 9.17) is 9.47 Å². The molecule has 2 atom stereocenters. The Hall–Kier alpha value is -0.340. The highest BCUT2D eigenvalue weighted by atomic mass is 16.8. The monoisotopic (exact) mass is 254 g/mol. The molecule has 0 spiro atoms. The van der Waals surface area contributed by atoms with E-state index in [1.807, 2.05) is 13.8 Å². The number of allylic oxidation sites excluding steroid dienone is 1. The third-order valence-corrected chi connectivity index (χ3v) is 4.08. The van der Waals surface area contributed by atoms with Crippen LogP contribution in [-0.2, 0) is 9.47 Å². The fourth-order valence-electron chi connectivity index (χ4n) is 2.63. The first kappa shape index (κ1) is 15.7. The lowest BCUT2D eigenvalue weighted by atomic mass is 9.86. The predicted octanol–water partition coefficient (Wildman–Crippen LogP) is 4.55. The van der Waals surface area contributed by atoms with Crippen molar-refractivity contribution in [3.05, 3.63) is 12.2 Å². The van der Waals surface area contributed by atoms with Crippen LogP contribution in [0.15, 0.2) is 12.2 Å². The molecule has 0 radical (unpaired) electrons. The number of rotatable bonds is 5. The minimum Gasteiger partial charge on any atom is -0.344 e. The summed E-state index contributed by atoms with van der Waals surface area (Å²) in [6.45, 7) is 19.2. The molecule has 2 nitrogen and oxygen atoms in total. The Labute approximate surface area is 113 Å². The van der Waals surface area contributed by atoms with Gasteiger partial charge in [0, 0.05) is 0 Å². The van der Waals surface area contributed by atoms with Crippen LogP contribution in [0.25, 0.3) is 0 Å². The van der Waals surface area contributed by atoms with Crippen LogP contribution < -0.4 is 0 Å². The molecule has 0 N–H and O–H groups in total. The molecule has 0 aliphatic carbocycles. The molecule has 0 aromatic carbocycles. The molecule has 18 heavy (non-hydrogen) atoms. The lowest BCUT2D eigenvalue weighted by molar-refractivity contribution is -0.157. The first-order valence-electron chi connectivity index (χ1n) is 7.11. The second-order valence-electron chi connectivity index (χ2n) is 6.94. The Bertz CT molecular complexity index is 302. The molecule has 1 aliphatic rings. The Kier molecular flexibility index (Phi) is 4.66. The van der Waals surface area contributed by atoms with Gasteiger partial charge in [-0.1, -0.05) is 32.9 Å². The molecule has 1 aliphatic heterocycles. The maximum atomic E-state index is 5.99. The van der Waals surface area contributed by atoms with Crippen molar-refractivity contribution >= 4 is 0 Å². The summed E-state index contributed by atoms with van der Waals surface area (Å²) in [4.78, 5) is 0. The third kappa shape index (κ3) is 3.83. The zero-order valence-electron chi connectivity index (χ0n) is 13.2. The van der Waals surface area contributed by atoms with Crippen LogP contribution in [-0.4, -0.2) is 17.5 Å². The van der Waals surface area contributed by atoms with Gasteiger partial charge >= 0.3 is 0 Å². The quantitative estimate of drug-likeness (QED) is 0.670. The summed E-state index contributed by atoms with van der Waals surface area (Å²) in [5, 5.41) is 0. The van der Waals surface area contributed by atoms with E-state index in [0.29, 0.717) is 11.8 Å². The van der Waals surface area contributed by atoms with Crippen molar-refractivity contribution in [1.29, 1.82) is 0 Å². The Morgan fingerprint density at radius 3 is 2.11 bits per heavy atom. The van der Waals surface area contributed by atoms with E-state index in [1.54, 1.807) is 0 Å². The van der Waals surface area contributed by atoms with Crippen molar-refractivity contribution in [2.24, 2.45) is 11.8 Å². The molecule has 0 saturated carbocycles. The molecule has 2 unspecified atom stereocenters. The highest BCUT2D eigenvalue weighted by molar-refractivity contribution is 5.02. The van der Waals surface area contributed by atoms with E-state index in [9.17, 15) is 0 Å². The standard InChI is InChI=1S/C16H30O2/c1-11(2)13(4)12(3)9-10-14-15(5,6)18-16(7,8)17-14/h11,13-14H,3,9-10H2,1-2,4-8H3. The van der Waals surface area contributed by atoms with Crippen molar-refractivity contribution in [3.8, 4) is 0 Å². The van der Waals surface area contributed by atoms with Crippen molar-refractivity contribution in [1.82, 2.24) is 0 Å². The van der Waals surface area contributed by atoms with Gasteiger partial charge < -0.3 is 9.47 Å². The van der Waals surface area contributed by atoms with Crippen molar-refractivity contribution in [2.75, 3.05) is 0 Å². The second kappa shape index (κ2) is 5.34. The average Bonchev–Trinajstić information content (AvgIpc) is 2.41. The van der Waals surface area contributed by atoms with E-state index in [0.717, 1.165) is 12.8 Å². The number of hydrogen-bond acceptors (Lipinski definition) is 2. The fourth-order valence-corrected chi connectivity index (χ4v) is 2.63. The van der Waals surface area contributed by atoms with Crippen molar-refractivity contribution < 1.29 is 9.47 Å². The molecule has 0 aromatic heterocycles. The van der Waals surface area contributed by atoms with E-state index in [1.165, 1.54) is 5.57 Å². The predicted molar refractivity (Wildman–Crippen MR) is 76.5 cm³/mol. The molecule has 0 amide bonds. The second-order valence-corrected chi connectivity index (χ2v) is 6.94. The first-order valence-corrected chi connectivity index (χ1v) is 7.11. The smallest absolute Gasteiger partial charge is 0.164 e. The third-order valence-electron chi connectivity index (χ3n) is 4.08. The summed E-state index contributed by atoms with van der Waals surface area (Å²) in [6, 6.07) is 0. The average molecular weight is 254 g/mol. The summed E-state index contributed by atoms with van der Waals surface area (Å²) in [5.41, 5.74) is 1.12. The fraction of sp³-hybridized carbons (Fsp3) is 0.875. The summed E-state index contributed by atoms with van der Waals surface area (Å²) < 4.78 is 11.9. The van der Waals surface area contributed by atoms with Gasteiger partial charge in [-0.2, -0.15) is 0 Å². The molecule has 106 valence electrons. The van der Waals surface area contributed by atoms with E-state index >= 15 is 0 Å². The summed E-state index contributed by atoms with van der Waals surface area (Å²) >= 11 is 0. The highest BCUT2D eigenvalue weighted by Gasteiger charge is 2.46. The van der Waals surface area contributed by atoms with Crippen LogP contribution in [0.1, 0.15) is 61.3 Å². The molecule has 2 heteroatoms. The zero-order chi connectivity index (χ0) is 14.1. The maximum Gasteiger partial charge on any atom is 0.164 e. The van der Waals surface area contributed by atoms with Crippen LogP contribution in [0.5, 0.6) is 0 Å². The summed E-state index contributed by atoms with van der Waals surface area (Å²) in [7, 11) is 0. The largest absolute Gasteiger partial charge is 0.344 e. The van der Waals surface area contributed by atoms with E-state index in [2.05, 4.69) is 41.2 Å². The van der Waals surface area contributed by atoms with Gasteiger partial charge in [-0.15, -0.1) is 0 Å². The molecule has 1 heterocycles. The Balaban J connectivity index is 2.52. The van der Waals surface area contributed by atoms with Crippen molar-refractivity contribution in [2.45, 2.75) is 78.8 Å². The number of hydrogen-bond donors (Lipinski definition) is 0. The first-order chi connectivity index (χ1) is 8.05. The van der Waals surface area contributed by atoms with Crippen LogP contribution in [0.2, 0.25) is 0 Å². The molecule has 0 bridgehead atoms. The van der Waals surface area contributed by atoms with E-state index < -0.39 is 5.79 Å². The molecule has 1 rings (SSSR count).